The molecule has 101 valence electrons. The van der Waals surface area contributed by atoms with Gasteiger partial charge in [0.2, 0.25) is 5.91 Å². The Balaban J connectivity index is 0.000000404. The first-order valence-electron chi connectivity index (χ1n) is 5.40. The summed E-state index contributed by atoms with van der Waals surface area (Å²) in [5.74, 6) is 0.474. The van der Waals surface area contributed by atoms with Crippen molar-refractivity contribution in [3.05, 3.63) is 31.4 Å². The molecule has 0 unspecified atom stereocenters. The Morgan fingerprint density at radius 3 is 2.47 bits per heavy atom. The van der Waals surface area contributed by atoms with Gasteiger partial charge in [0.25, 0.3) is 0 Å². The van der Waals surface area contributed by atoms with Gasteiger partial charge >= 0.3 is 0 Å². The SMILES string of the molecule is [CH2-]C(=O)N(C)C.[CH2-]c1ncnc2c1CCC(=O)N2.[Y]. The molecule has 1 aliphatic heterocycles. The van der Waals surface area contributed by atoms with E-state index >= 15 is 0 Å². The van der Waals surface area contributed by atoms with E-state index in [2.05, 4.69) is 29.1 Å². The third kappa shape index (κ3) is 5.57. The van der Waals surface area contributed by atoms with Gasteiger partial charge in [-0.1, -0.05) is 12.1 Å². The van der Waals surface area contributed by atoms with Crippen LogP contribution in [0.25, 0.3) is 0 Å². The summed E-state index contributed by atoms with van der Waals surface area (Å²) in [7, 11) is 3.32. The molecule has 1 aliphatic rings. The fourth-order valence-corrected chi connectivity index (χ4v) is 1.25. The van der Waals surface area contributed by atoms with Gasteiger partial charge in [0, 0.05) is 53.2 Å². The molecule has 0 bridgehead atoms. The van der Waals surface area contributed by atoms with E-state index in [-0.39, 0.29) is 44.5 Å². The van der Waals surface area contributed by atoms with E-state index in [0.717, 1.165) is 5.56 Å². The number of carbonyl (C=O) groups is 2. The summed E-state index contributed by atoms with van der Waals surface area (Å²) in [5, 5.41) is 2.67. The summed E-state index contributed by atoms with van der Waals surface area (Å²) in [6, 6.07) is 0. The van der Waals surface area contributed by atoms with Crippen LogP contribution in [0.2, 0.25) is 0 Å². The number of nitrogens with zero attached hydrogens (tertiary/aromatic N) is 3. The molecule has 0 aliphatic carbocycles. The summed E-state index contributed by atoms with van der Waals surface area (Å²) in [5.41, 5.74) is 1.66. The second kappa shape index (κ2) is 8.12. The van der Waals surface area contributed by atoms with Crippen LogP contribution in [-0.2, 0) is 48.7 Å². The zero-order chi connectivity index (χ0) is 13.7. The number of fused-ring (bicyclic) bond motifs is 1. The van der Waals surface area contributed by atoms with Crippen molar-refractivity contribution in [2.24, 2.45) is 0 Å². The fourth-order valence-electron chi connectivity index (χ4n) is 1.25. The molecular weight excluding hydrogens is 321 g/mol. The quantitative estimate of drug-likeness (QED) is 0.698. The first-order valence-corrected chi connectivity index (χ1v) is 5.40. The summed E-state index contributed by atoms with van der Waals surface area (Å²) in [6.45, 7) is 6.88. The Bertz CT molecular complexity index is 463. The Labute approximate surface area is 138 Å². The Hall–Kier alpha value is -1.14. The van der Waals surface area contributed by atoms with Gasteiger partial charge in [0.05, 0.1) is 11.7 Å². The monoisotopic (exact) mass is 337 g/mol. The maximum atomic E-state index is 10.9. The largest absolute Gasteiger partial charge is 0.374 e. The van der Waals surface area contributed by atoms with Gasteiger partial charge in [-0.15, -0.1) is 5.56 Å². The van der Waals surface area contributed by atoms with Crippen LogP contribution in [-0.4, -0.2) is 40.8 Å². The zero-order valence-corrected chi connectivity index (χ0v) is 14.0. The van der Waals surface area contributed by atoms with E-state index in [9.17, 15) is 9.59 Å². The van der Waals surface area contributed by atoms with E-state index in [1.54, 1.807) is 14.1 Å². The molecule has 0 spiro atoms. The predicted octanol–water partition coefficient (Wildman–Crippen LogP) is 0.450. The fraction of sp³-hybridized carbons (Fsp3) is 0.333. The maximum Gasteiger partial charge on any atom is 0.223 e. The van der Waals surface area contributed by atoms with Gasteiger partial charge in [-0.3, -0.25) is 9.78 Å². The van der Waals surface area contributed by atoms with Gasteiger partial charge in [-0.05, 0) is 0 Å². The molecular formula is C12H16N4O2Y-2. The number of anilines is 1. The molecule has 0 saturated carbocycles. The molecule has 0 aromatic carbocycles. The van der Waals surface area contributed by atoms with Crippen LogP contribution in [0.3, 0.4) is 0 Å². The van der Waals surface area contributed by atoms with E-state index in [4.69, 9.17) is 0 Å². The molecule has 7 heteroatoms. The Morgan fingerprint density at radius 1 is 1.37 bits per heavy atom. The topological polar surface area (TPSA) is 75.2 Å². The number of amides is 2. The van der Waals surface area contributed by atoms with E-state index < -0.39 is 0 Å². The average molecular weight is 337 g/mol. The molecule has 1 N–H and O–H groups in total. The third-order valence-corrected chi connectivity index (χ3v) is 2.39. The molecule has 1 aromatic heterocycles. The van der Waals surface area contributed by atoms with Crippen molar-refractivity contribution in [1.82, 2.24) is 14.9 Å². The first-order chi connectivity index (χ1) is 8.41. The minimum absolute atomic E-state index is 0. The van der Waals surface area contributed by atoms with Crippen molar-refractivity contribution in [1.29, 1.82) is 0 Å². The van der Waals surface area contributed by atoms with Crippen molar-refractivity contribution in [3.63, 3.8) is 0 Å². The smallest absolute Gasteiger partial charge is 0.223 e. The first kappa shape index (κ1) is 17.9. The van der Waals surface area contributed by atoms with Gasteiger partial charge < -0.3 is 21.9 Å². The second-order valence-electron chi connectivity index (χ2n) is 3.98. The second-order valence-corrected chi connectivity index (χ2v) is 3.98. The van der Waals surface area contributed by atoms with Crippen LogP contribution in [0.1, 0.15) is 17.7 Å². The maximum absolute atomic E-state index is 10.9. The van der Waals surface area contributed by atoms with Crippen molar-refractivity contribution in [3.8, 4) is 0 Å². The zero-order valence-electron chi connectivity index (χ0n) is 11.1. The van der Waals surface area contributed by atoms with Crippen molar-refractivity contribution >= 4 is 17.6 Å². The molecule has 2 rings (SSSR count). The minimum Gasteiger partial charge on any atom is -0.374 e. The molecule has 6 nitrogen and oxygen atoms in total. The van der Waals surface area contributed by atoms with Crippen LogP contribution < -0.4 is 5.32 Å². The number of nitrogens with one attached hydrogen (secondary N) is 1. The predicted molar refractivity (Wildman–Crippen MR) is 67.5 cm³/mol. The van der Waals surface area contributed by atoms with Crippen molar-refractivity contribution in [2.45, 2.75) is 12.8 Å². The van der Waals surface area contributed by atoms with Crippen LogP contribution in [0.15, 0.2) is 6.33 Å². The molecule has 2 amide bonds. The van der Waals surface area contributed by atoms with Crippen molar-refractivity contribution < 1.29 is 42.3 Å². The van der Waals surface area contributed by atoms with Gasteiger partial charge in [-0.25, -0.2) is 11.9 Å². The van der Waals surface area contributed by atoms with Crippen LogP contribution in [0.5, 0.6) is 0 Å². The molecule has 0 saturated heterocycles. The molecule has 0 fully saturated rings. The van der Waals surface area contributed by atoms with Crippen LogP contribution in [0.4, 0.5) is 5.82 Å². The number of hydrogen-bond acceptors (Lipinski definition) is 4. The molecule has 19 heavy (non-hydrogen) atoms. The third-order valence-electron chi connectivity index (χ3n) is 2.39. The average Bonchev–Trinajstić information content (AvgIpc) is 2.29. The number of aromatic nitrogens is 2. The number of hydrogen-bond donors (Lipinski definition) is 1. The molecule has 0 atom stereocenters. The molecule has 1 aromatic rings. The standard InChI is InChI=1S/C8H8N3O.C4H8NO.Y/c1-5-6-2-3-7(12)11-8(6)10-4-9-5;1-4(6)5(2)3;/h4H,1-3H2,(H,9,10,11,12);1H2,2-3H3;/q2*-1;. The van der Waals surface area contributed by atoms with E-state index in [1.165, 1.54) is 11.2 Å². The molecule has 2 heterocycles. The molecule has 1 radical (unpaired) electrons. The van der Waals surface area contributed by atoms with Gasteiger partial charge in [0.1, 0.15) is 6.33 Å². The summed E-state index contributed by atoms with van der Waals surface area (Å²) in [4.78, 5) is 30.2. The Kier molecular flexibility index (Phi) is 7.63. The van der Waals surface area contributed by atoms with Gasteiger partial charge in [0.15, 0.2) is 0 Å². The Morgan fingerprint density at radius 2 is 1.95 bits per heavy atom. The summed E-state index contributed by atoms with van der Waals surface area (Å²) in [6.07, 6.45) is 2.61. The summed E-state index contributed by atoms with van der Waals surface area (Å²) >= 11 is 0. The van der Waals surface area contributed by atoms with Crippen LogP contribution in [0, 0.1) is 13.8 Å². The summed E-state index contributed by atoms with van der Waals surface area (Å²) < 4.78 is 0. The normalized spacial score (nSPS) is 12.0. The van der Waals surface area contributed by atoms with Gasteiger partial charge in [-0.2, -0.15) is 0 Å². The minimum atomic E-state index is -0.157. The van der Waals surface area contributed by atoms with E-state index in [0.29, 0.717) is 24.4 Å². The van der Waals surface area contributed by atoms with Crippen LogP contribution >= 0.6 is 0 Å². The number of rotatable bonds is 0. The van der Waals surface area contributed by atoms with Crippen molar-refractivity contribution in [2.75, 3.05) is 19.4 Å². The van der Waals surface area contributed by atoms with E-state index in [1.807, 2.05) is 0 Å². The number of carbonyl (C=O) groups excluding carboxylic acids is 2.